The molecule has 2 rings (SSSR count). The van der Waals surface area contributed by atoms with Crippen molar-refractivity contribution in [2.45, 2.75) is 19.1 Å². The van der Waals surface area contributed by atoms with Gasteiger partial charge in [0.1, 0.15) is 5.75 Å². The van der Waals surface area contributed by atoms with Gasteiger partial charge in [-0.25, -0.2) is 0 Å². The molecule has 0 bridgehead atoms. The van der Waals surface area contributed by atoms with Crippen LogP contribution in [-0.2, 0) is 4.79 Å². The van der Waals surface area contributed by atoms with Crippen molar-refractivity contribution in [3.63, 3.8) is 0 Å². The summed E-state index contributed by atoms with van der Waals surface area (Å²) in [5, 5.41) is 16.0. The highest BCUT2D eigenvalue weighted by atomic mass is 35.5. The number of aliphatic hydroxyl groups is 1. The zero-order valence-electron chi connectivity index (χ0n) is 11.7. The fourth-order valence-electron chi connectivity index (χ4n) is 2.09. The van der Waals surface area contributed by atoms with Gasteiger partial charge in [0, 0.05) is 25.6 Å². The van der Waals surface area contributed by atoms with Crippen LogP contribution in [0.4, 0.5) is 0 Å². The van der Waals surface area contributed by atoms with Crippen molar-refractivity contribution < 1.29 is 14.6 Å². The Labute approximate surface area is 135 Å². The molecule has 1 aliphatic heterocycles. The molecule has 1 aromatic rings. The van der Waals surface area contributed by atoms with Crippen LogP contribution in [0.1, 0.15) is 6.92 Å². The number of hydrogen-bond donors (Lipinski definition) is 3. The van der Waals surface area contributed by atoms with Gasteiger partial charge in [-0.15, -0.1) is 12.4 Å². The van der Waals surface area contributed by atoms with E-state index in [2.05, 4.69) is 10.6 Å². The highest BCUT2D eigenvalue weighted by molar-refractivity contribution is 6.32. The van der Waals surface area contributed by atoms with Gasteiger partial charge < -0.3 is 20.5 Å². The molecule has 118 valence electrons. The predicted octanol–water partition coefficient (Wildman–Crippen LogP) is 1.23. The van der Waals surface area contributed by atoms with E-state index in [1.807, 2.05) is 0 Å². The van der Waals surface area contributed by atoms with Crippen molar-refractivity contribution >= 4 is 29.9 Å². The summed E-state index contributed by atoms with van der Waals surface area (Å²) in [6.07, 6.45) is -1.04. The molecule has 3 atom stereocenters. The Balaban J connectivity index is 0.00000220. The molecular formula is C14H20Cl2N2O3. The summed E-state index contributed by atoms with van der Waals surface area (Å²) in [6.45, 7) is 3.39. The van der Waals surface area contributed by atoms with E-state index in [0.29, 0.717) is 30.4 Å². The van der Waals surface area contributed by atoms with Crippen LogP contribution in [0.3, 0.4) is 0 Å². The zero-order valence-corrected chi connectivity index (χ0v) is 13.3. The molecule has 1 heterocycles. The number of benzene rings is 1. The van der Waals surface area contributed by atoms with E-state index < -0.39 is 12.2 Å². The molecule has 0 saturated carbocycles. The minimum Gasteiger partial charge on any atom is -0.479 e. The van der Waals surface area contributed by atoms with Gasteiger partial charge in [-0.1, -0.05) is 23.7 Å². The lowest BCUT2D eigenvalue weighted by Gasteiger charge is -2.18. The lowest BCUT2D eigenvalue weighted by Crippen LogP contribution is -2.41. The summed E-state index contributed by atoms with van der Waals surface area (Å²) in [6, 6.07) is 7.03. The lowest BCUT2D eigenvalue weighted by atomic mass is 10.1. The minimum atomic E-state index is -0.638. The number of nitrogens with one attached hydrogen (secondary N) is 2. The molecule has 1 fully saturated rings. The van der Waals surface area contributed by atoms with Gasteiger partial charge in [0.2, 0.25) is 0 Å². The first kappa shape index (κ1) is 18.0. The monoisotopic (exact) mass is 334 g/mol. The molecular weight excluding hydrogens is 315 g/mol. The molecule has 1 saturated heterocycles. The van der Waals surface area contributed by atoms with E-state index in [9.17, 15) is 9.90 Å². The average molecular weight is 335 g/mol. The van der Waals surface area contributed by atoms with Crippen LogP contribution in [0.25, 0.3) is 0 Å². The molecule has 5 nitrogen and oxygen atoms in total. The first-order chi connectivity index (χ1) is 9.58. The Kier molecular flexibility index (Phi) is 7.25. The third-order valence-corrected chi connectivity index (χ3v) is 3.66. The van der Waals surface area contributed by atoms with Crippen LogP contribution in [0.15, 0.2) is 24.3 Å². The SMILES string of the molecule is CC(Oc1ccccc1Cl)C(=O)NCC1CNCC1O.Cl. The third-order valence-electron chi connectivity index (χ3n) is 3.35. The number of aliphatic hydroxyl groups excluding tert-OH is 1. The Bertz CT molecular complexity index is 473. The predicted molar refractivity (Wildman–Crippen MR) is 84.2 cm³/mol. The number of carbonyl (C=O) groups is 1. The molecule has 1 aliphatic rings. The number of amides is 1. The third kappa shape index (κ3) is 5.04. The van der Waals surface area contributed by atoms with Crippen LogP contribution in [0, 0.1) is 5.92 Å². The first-order valence-corrected chi connectivity index (χ1v) is 7.03. The summed E-state index contributed by atoms with van der Waals surface area (Å²) >= 11 is 5.97. The highest BCUT2D eigenvalue weighted by Gasteiger charge is 2.26. The van der Waals surface area contributed by atoms with Gasteiger partial charge in [0.05, 0.1) is 11.1 Å². The number of halogens is 2. The first-order valence-electron chi connectivity index (χ1n) is 6.65. The van der Waals surface area contributed by atoms with Crippen molar-refractivity contribution in [2.24, 2.45) is 5.92 Å². The van der Waals surface area contributed by atoms with Crippen LogP contribution in [-0.4, -0.2) is 42.9 Å². The van der Waals surface area contributed by atoms with E-state index in [4.69, 9.17) is 16.3 Å². The number of rotatable bonds is 5. The Morgan fingerprint density at radius 1 is 1.52 bits per heavy atom. The number of para-hydroxylation sites is 1. The highest BCUT2D eigenvalue weighted by Crippen LogP contribution is 2.24. The number of carbonyl (C=O) groups excluding carboxylic acids is 1. The van der Waals surface area contributed by atoms with Crippen LogP contribution in [0.5, 0.6) is 5.75 Å². The minimum absolute atomic E-state index is 0. The van der Waals surface area contributed by atoms with Crippen molar-refractivity contribution in [3.05, 3.63) is 29.3 Å². The van der Waals surface area contributed by atoms with Gasteiger partial charge in [-0.05, 0) is 19.1 Å². The zero-order chi connectivity index (χ0) is 14.5. The molecule has 1 aromatic carbocycles. The molecule has 3 unspecified atom stereocenters. The van der Waals surface area contributed by atoms with Crippen LogP contribution >= 0.6 is 24.0 Å². The van der Waals surface area contributed by atoms with Gasteiger partial charge in [0.15, 0.2) is 6.10 Å². The number of hydrogen-bond acceptors (Lipinski definition) is 4. The van der Waals surface area contributed by atoms with Gasteiger partial charge in [-0.2, -0.15) is 0 Å². The summed E-state index contributed by atoms with van der Waals surface area (Å²) in [4.78, 5) is 11.9. The van der Waals surface area contributed by atoms with E-state index in [1.54, 1.807) is 31.2 Å². The van der Waals surface area contributed by atoms with Gasteiger partial charge in [0.25, 0.3) is 5.91 Å². The van der Waals surface area contributed by atoms with E-state index in [0.717, 1.165) is 0 Å². The maximum absolute atomic E-state index is 11.9. The molecule has 0 aliphatic carbocycles. The van der Waals surface area contributed by atoms with Crippen LogP contribution in [0.2, 0.25) is 5.02 Å². The van der Waals surface area contributed by atoms with E-state index in [-0.39, 0.29) is 24.2 Å². The lowest BCUT2D eigenvalue weighted by molar-refractivity contribution is -0.127. The van der Waals surface area contributed by atoms with Crippen LogP contribution < -0.4 is 15.4 Å². The molecule has 1 amide bonds. The molecule has 3 N–H and O–H groups in total. The van der Waals surface area contributed by atoms with Gasteiger partial charge in [-0.3, -0.25) is 4.79 Å². The Morgan fingerprint density at radius 3 is 2.86 bits per heavy atom. The van der Waals surface area contributed by atoms with E-state index >= 15 is 0 Å². The molecule has 7 heteroatoms. The summed E-state index contributed by atoms with van der Waals surface area (Å²) in [7, 11) is 0. The number of β-amino-alcohol motifs (C(OH)–C–C–N with tert-alkyl or cyclic N) is 1. The molecule has 0 aromatic heterocycles. The molecule has 21 heavy (non-hydrogen) atoms. The second-order valence-electron chi connectivity index (χ2n) is 4.92. The number of ether oxygens (including phenoxy) is 1. The van der Waals surface area contributed by atoms with Gasteiger partial charge >= 0.3 is 0 Å². The quantitative estimate of drug-likeness (QED) is 0.757. The Hall–Kier alpha value is -1.01. The van der Waals surface area contributed by atoms with Crippen molar-refractivity contribution in [3.8, 4) is 5.75 Å². The van der Waals surface area contributed by atoms with Crippen molar-refractivity contribution in [2.75, 3.05) is 19.6 Å². The fourth-order valence-corrected chi connectivity index (χ4v) is 2.27. The average Bonchev–Trinajstić information content (AvgIpc) is 2.84. The topological polar surface area (TPSA) is 70.6 Å². The van der Waals surface area contributed by atoms with Crippen molar-refractivity contribution in [1.82, 2.24) is 10.6 Å². The van der Waals surface area contributed by atoms with E-state index in [1.165, 1.54) is 0 Å². The summed E-state index contributed by atoms with van der Waals surface area (Å²) < 4.78 is 5.53. The second kappa shape index (κ2) is 8.44. The largest absolute Gasteiger partial charge is 0.479 e. The second-order valence-corrected chi connectivity index (χ2v) is 5.33. The Morgan fingerprint density at radius 2 is 2.24 bits per heavy atom. The summed E-state index contributed by atoms with van der Waals surface area (Å²) in [5.41, 5.74) is 0. The molecule has 0 radical (unpaired) electrons. The van der Waals surface area contributed by atoms with Crippen molar-refractivity contribution in [1.29, 1.82) is 0 Å². The standard InChI is InChI=1S/C14H19ClN2O3.ClH/c1-9(20-13-5-3-2-4-11(13)15)14(19)17-7-10-6-16-8-12(10)18;/h2-5,9-10,12,16,18H,6-8H2,1H3,(H,17,19);1H. The molecule has 0 spiro atoms. The normalized spacial score (nSPS) is 22.2. The fraction of sp³-hybridized carbons (Fsp3) is 0.500. The maximum Gasteiger partial charge on any atom is 0.260 e. The summed E-state index contributed by atoms with van der Waals surface area (Å²) in [5.74, 6) is 0.315. The smallest absolute Gasteiger partial charge is 0.260 e. The maximum atomic E-state index is 11.9.